The van der Waals surface area contributed by atoms with Crippen LogP contribution in [0.3, 0.4) is 0 Å². The van der Waals surface area contributed by atoms with E-state index in [2.05, 4.69) is 19.1 Å². The Morgan fingerprint density at radius 2 is 1.65 bits per heavy atom. The number of hydrogen-bond acceptors (Lipinski definition) is 2. The molecule has 17 heavy (non-hydrogen) atoms. The first-order valence-corrected chi connectivity index (χ1v) is 6.52. The van der Waals surface area contributed by atoms with Crippen molar-refractivity contribution in [2.45, 2.75) is 39.0 Å². The molecule has 1 rings (SSSR count). The fourth-order valence-corrected chi connectivity index (χ4v) is 2.19. The van der Waals surface area contributed by atoms with Gasteiger partial charge >= 0.3 is 0 Å². The minimum atomic E-state index is -0.351. The molecule has 0 aromatic heterocycles. The summed E-state index contributed by atoms with van der Waals surface area (Å²) in [6, 6.07) is 10.1. The molecule has 0 fully saturated rings. The SMILES string of the molecule is CCCCCC(CO)(CO)Cc1ccccc1. The second kappa shape index (κ2) is 7.46. The smallest absolute Gasteiger partial charge is 0.0512 e. The topological polar surface area (TPSA) is 40.5 Å². The Morgan fingerprint density at radius 3 is 2.18 bits per heavy atom. The van der Waals surface area contributed by atoms with Crippen molar-refractivity contribution in [1.29, 1.82) is 0 Å². The molecule has 2 N–H and O–H groups in total. The maximum Gasteiger partial charge on any atom is 0.0512 e. The molecule has 2 nitrogen and oxygen atoms in total. The summed E-state index contributed by atoms with van der Waals surface area (Å²) >= 11 is 0. The van der Waals surface area contributed by atoms with E-state index in [1.165, 1.54) is 5.56 Å². The zero-order valence-corrected chi connectivity index (χ0v) is 10.7. The summed E-state index contributed by atoms with van der Waals surface area (Å²) < 4.78 is 0. The number of unbranched alkanes of at least 4 members (excludes halogenated alkanes) is 2. The van der Waals surface area contributed by atoms with Crippen LogP contribution in [0, 0.1) is 5.41 Å². The fourth-order valence-electron chi connectivity index (χ4n) is 2.19. The normalized spacial score (nSPS) is 11.7. The van der Waals surface area contributed by atoms with Gasteiger partial charge in [0, 0.05) is 5.41 Å². The third-order valence-corrected chi connectivity index (χ3v) is 3.40. The quantitative estimate of drug-likeness (QED) is 0.681. The first kappa shape index (κ1) is 14.2. The molecular formula is C15H24O2. The summed E-state index contributed by atoms with van der Waals surface area (Å²) in [4.78, 5) is 0. The van der Waals surface area contributed by atoms with E-state index in [1.807, 2.05) is 18.2 Å². The van der Waals surface area contributed by atoms with E-state index in [1.54, 1.807) is 0 Å². The summed E-state index contributed by atoms with van der Waals surface area (Å²) in [5, 5.41) is 19.2. The summed E-state index contributed by atoms with van der Waals surface area (Å²) in [5.74, 6) is 0. The zero-order chi connectivity index (χ0) is 12.6. The number of aliphatic hydroxyl groups is 2. The minimum Gasteiger partial charge on any atom is -0.396 e. The molecule has 0 aliphatic carbocycles. The van der Waals surface area contributed by atoms with Gasteiger partial charge in [-0.05, 0) is 18.4 Å². The molecule has 0 unspecified atom stereocenters. The number of benzene rings is 1. The third kappa shape index (κ3) is 4.49. The van der Waals surface area contributed by atoms with Gasteiger partial charge in [-0.15, -0.1) is 0 Å². The van der Waals surface area contributed by atoms with E-state index in [9.17, 15) is 10.2 Å². The van der Waals surface area contributed by atoms with E-state index in [4.69, 9.17) is 0 Å². The number of rotatable bonds is 8. The second-order valence-corrected chi connectivity index (χ2v) is 4.94. The highest BCUT2D eigenvalue weighted by Gasteiger charge is 2.28. The predicted octanol–water partition coefficient (Wildman–Crippen LogP) is 2.78. The lowest BCUT2D eigenvalue weighted by Crippen LogP contribution is -2.32. The average molecular weight is 236 g/mol. The lowest BCUT2D eigenvalue weighted by atomic mass is 9.78. The summed E-state index contributed by atoms with van der Waals surface area (Å²) in [6.07, 6.45) is 5.05. The summed E-state index contributed by atoms with van der Waals surface area (Å²) in [5.41, 5.74) is 0.836. The van der Waals surface area contributed by atoms with Gasteiger partial charge in [0.05, 0.1) is 13.2 Å². The predicted molar refractivity (Wildman–Crippen MR) is 70.9 cm³/mol. The lowest BCUT2D eigenvalue weighted by molar-refractivity contribution is 0.0451. The van der Waals surface area contributed by atoms with Gasteiger partial charge in [-0.1, -0.05) is 56.5 Å². The zero-order valence-electron chi connectivity index (χ0n) is 10.7. The van der Waals surface area contributed by atoms with Crippen LogP contribution >= 0.6 is 0 Å². The molecule has 96 valence electrons. The van der Waals surface area contributed by atoms with E-state index >= 15 is 0 Å². The molecule has 0 spiro atoms. The van der Waals surface area contributed by atoms with Crippen molar-refractivity contribution in [2.24, 2.45) is 5.41 Å². The van der Waals surface area contributed by atoms with Gasteiger partial charge in [0.25, 0.3) is 0 Å². The van der Waals surface area contributed by atoms with Crippen molar-refractivity contribution in [1.82, 2.24) is 0 Å². The van der Waals surface area contributed by atoms with Crippen molar-refractivity contribution in [2.75, 3.05) is 13.2 Å². The monoisotopic (exact) mass is 236 g/mol. The molecule has 0 amide bonds. The highest BCUT2D eigenvalue weighted by Crippen LogP contribution is 2.28. The van der Waals surface area contributed by atoms with Gasteiger partial charge in [0.1, 0.15) is 0 Å². The molecule has 0 aliphatic rings. The van der Waals surface area contributed by atoms with Gasteiger partial charge in [0.2, 0.25) is 0 Å². The molecule has 1 aromatic rings. The molecule has 1 aromatic carbocycles. The highest BCUT2D eigenvalue weighted by atomic mass is 16.3. The Hall–Kier alpha value is -0.860. The molecule has 0 saturated heterocycles. The van der Waals surface area contributed by atoms with E-state index < -0.39 is 0 Å². The van der Waals surface area contributed by atoms with Crippen LogP contribution in [-0.2, 0) is 6.42 Å². The molecule has 0 aliphatic heterocycles. The van der Waals surface area contributed by atoms with Crippen LogP contribution in [-0.4, -0.2) is 23.4 Å². The Kier molecular flexibility index (Phi) is 6.23. The number of aliphatic hydroxyl groups excluding tert-OH is 2. The molecule has 0 heterocycles. The van der Waals surface area contributed by atoms with E-state index in [0.29, 0.717) is 0 Å². The van der Waals surface area contributed by atoms with Crippen molar-refractivity contribution >= 4 is 0 Å². The molecule has 0 radical (unpaired) electrons. The van der Waals surface area contributed by atoms with Crippen LogP contribution in [0.25, 0.3) is 0 Å². The molecule has 0 bridgehead atoms. The molecule has 2 heteroatoms. The van der Waals surface area contributed by atoms with Gasteiger partial charge in [-0.3, -0.25) is 0 Å². The summed E-state index contributed by atoms with van der Waals surface area (Å²) in [7, 11) is 0. The molecule has 0 saturated carbocycles. The van der Waals surface area contributed by atoms with E-state index in [0.717, 1.165) is 32.1 Å². The van der Waals surface area contributed by atoms with Crippen LogP contribution in [0.15, 0.2) is 30.3 Å². The van der Waals surface area contributed by atoms with Crippen LogP contribution in [0.1, 0.15) is 38.2 Å². The molecule has 0 atom stereocenters. The maximum absolute atomic E-state index is 9.58. The van der Waals surface area contributed by atoms with Crippen molar-refractivity contribution in [3.8, 4) is 0 Å². The summed E-state index contributed by atoms with van der Waals surface area (Å²) in [6.45, 7) is 2.28. The third-order valence-electron chi connectivity index (χ3n) is 3.40. The van der Waals surface area contributed by atoms with Crippen molar-refractivity contribution in [3.05, 3.63) is 35.9 Å². The van der Waals surface area contributed by atoms with E-state index in [-0.39, 0.29) is 18.6 Å². The van der Waals surface area contributed by atoms with Crippen LogP contribution in [0.5, 0.6) is 0 Å². The Balaban J connectivity index is 2.63. The molecular weight excluding hydrogens is 212 g/mol. The van der Waals surface area contributed by atoms with Gasteiger partial charge in [-0.25, -0.2) is 0 Å². The fraction of sp³-hybridized carbons (Fsp3) is 0.600. The average Bonchev–Trinajstić information content (AvgIpc) is 2.39. The first-order valence-electron chi connectivity index (χ1n) is 6.52. The first-order chi connectivity index (χ1) is 8.26. The van der Waals surface area contributed by atoms with Gasteiger partial charge in [0.15, 0.2) is 0 Å². The Bertz CT molecular complexity index is 291. The van der Waals surface area contributed by atoms with Crippen LogP contribution < -0.4 is 0 Å². The van der Waals surface area contributed by atoms with Crippen LogP contribution in [0.2, 0.25) is 0 Å². The van der Waals surface area contributed by atoms with Crippen molar-refractivity contribution < 1.29 is 10.2 Å². The standard InChI is InChI=1S/C15H24O2/c1-2-3-7-10-15(12-16,13-17)11-14-8-5-4-6-9-14/h4-6,8-9,16-17H,2-3,7,10-13H2,1H3. The van der Waals surface area contributed by atoms with Crippen LogP contribution in [0.4, 0.5) is 0 Å². The van der Waals surface area contributed by atoms with Gasteiger partial charge in [-0.2, -0.15) is 0 Å². The lowest BCUT2D eigenvalue weighted by Gasteiger charge is -2.30. The largest absolute Gasteiger partial charge is 0.396 e. The second-order valence-electron chi connectivity index (χ2n) is 4.94. The Morgan fingerprint density at radius 1 is 1.00 bits per heavy atom. The van der Waals surface area contributed by atoms with Crippen molar-refractivity contribution in [3.63, 3.8) is 0 Å². The minimum absolute atomic E-state index is 0.0576. The maximum atomic E-state index is 9.58. The Labute approximate surface area is 104 Å². The highest BCUT2D eigenvalue weighted by molar-refractivity contribution is 5.16. The number of hydrogen-bond donors (Lipinski definition) is 2. The van der Waals surface area contributed by atoms with Gasteiger partial charge < -0.3 is 10.2 Å².